The Morgan fingerprint density at radius 3 is 2.80 bits per heavy atom. The van der Waals surface area contributed by atoms with E-state index in [9.17, 15) is 10.1 Å². The van der Waals surface area contributed by atoms with Gasteiger partial charge in [0.1, 0.15) is 16.6 Å². The Balaban J connectivity index is 2.00. The lowest BCUT2D eigenvalue weighted by Gasteiger charge is -2.29. The van der Waals surface area contributed by atoms with Crippen molar-refractivity contribution >= 4 is 34.6 Å². The van der Waals surface area contributed by atoms with Gasteiger partial charge >= 0.3 is 0 Å². The van der Waals surface area contributed by atoms with E-state index in [2.05, 4.69) is 15.3 Å². The molecule has 25 heavy (non-hydrogen) atoms. The highest BCUT2D eigenvalue weighted by atomic mass is 35.5. The molecule has 1 N–H and O–H groups in total. The summed E-state index contributed by atoms with van der Waals surface area (Å²) >= 11 is 5.84. The number of methoxy groups -OCH3 is 1. The second-order valence-corrected chi connectivity index (χ2v) is 5.61. The molecule has 1 aliphatic heterocycles. The molecule has 1 fully saturated rings. The summed E-state index contributed by atoms with van der Waals surface area (Å²) in [5.41, 5.74) is 0.836. The number of halogens is 1. The van der Waals surface area contributed by atoms with Gasteiger partial charge in [0.05, 0.1) is 30.9 Å². The molecule has 3 rings (SSSR count). The van der Waals surface area contributed by atoms with Gasteiger partial charge in [-0.05, 0) is 6.07 Å². The zero-order chi connectivity index (χ0) is 17.8. The van der Waals surface area contributed by atoms with E-state index in [0.29, 0.717) is 43.4 Å². The Morgan fingerprint density at radius 2 is 2.16 bits per heavy atom. The average molecular weight is 366 g/mol. The molecule has 0 amide bonds. The fraction of sp³-hybridized carbons (Fsp3) is 0.333. The van der Waals surface area contributed by atoms with Crippen LogP contribution >= 0.6 is 11.6 Å². The molecule has 0 unspecified atom stereocenters. The largest absolute Gasteiger partial charge is 0.494 e. The van der Waals surface area contributed by atoms with E-state index in [1.165, 1.54) is 25.4 Å². The Bertz CT molecular complexity index is 783. The monoisotopic (exact) mass is 365 g/mol. The summed E-state index contributed by atoms with van der Waals surface area (Å²) in [6.45, 7) is 2.20. The number of nitro groups is 1. The summed E-state index contributed by atoms with van der Waals surface area (Å²) in [4.78, 5) is 21.1. The predicted octanol–water partition coefficient (Wildman–Crippen LogP) is 2.63. The van der Waals surface area contributed by atoms with Gasteiger partial charge in [-0.25, -0.2) is 9.97 Å². The number of aromatic nitrogens is 2. The minimum absolute atomic E-state index is 0.0350. The van der Waals surface area contributed by atoms with Crippen molar-refractivity contribution < 1.29 is 14.4 Å². The predicted molar refractivity (Wildman–Crippen MR) is 93.0 cm³/mol. The molecule has 0 spiro atoms. The first-order valence-electron chi connectivity index (χ1n) is 7.53. The van der Waals surface area contributed by atoms with Crippen LogP contribution in [-0.4, -0.2) is 48.3 Å². The van der Waals surface area contributed by atoms with E-state index in [0.717, 1.165) is 0 Å². The van der Waals surface area contributed by atoms with Crippen molar-refractivity contribution in [2.75, 3.05) is 43.6 Å². The number of rotatable bonds is 5. The molecule has 0 atom stereocenters. The van der Waals surface area contributed by atoms with E-state index in [-0.39, 0.29) is 16.8 Å². The first-order chi connectivity index (χ1) is 12.1. The van der Waals surface area contributed by atoms with E-state index in [4.69, 9.17) is 21.1 Å². The highest BCUT2D eigenvalue weighted by molar-refractivity contribution is 6.29. The number of hydrogen-bond donors (Lipinski definition) is 1. The van der Waals surface area contributed by atoms with Crippen molar-refractivity contribution in [3.63, 3.8) is 0 Å². The quantitative estimate of drug-likeness (QED) is 0.490. The highest BCUT2D eigenvalue weighted by Gasteiger charge is 2.25. The topological polar surface area (TPSA) is 103 Å². The summed E-state index contributed by atoms with van der Waals surface area (Å²) in [5.74, 6) is 0.662. The summed E-state index contributed by atoms with van der Waals surface area (Å²) in [7, 11) is 1.49. The van der Waals surface area contributed by atoms with Gasteiger partial charge in [0.25, 0.3) is 5.69 Å². The van der Waals surface area contributed by atoms with Crippen LogP contribution in [-0.2, 0) is 4.74 Å². The third-order valence-corrected chi connectivity index (χ3v) is 3.92. The molecule has 1 saturated heterocycles. The first-order valence-corrected chi connectivity index (χ1v) is 7.91. The molecule has 0 radical (unpaired) electrons. The Morgan fingerprint density at radius 1 is 1.40 bits per heavy atom. The molecule has 0 bridgehead atoms. The number of ether oxygens (including phenoxy) is 2. The lowest BCUT2D eigenvalue weighted by molar-refractivity contribution is -0.384. The molecule has 1 aromatic heterocycles. The fourth-order valence-electron chi connectivity index (χ4n) is 2.55. The van der Waals surface area contributed by atoms with E-state index < -0.39 is 4.92 Å². The zero-order valence-electron chi connectivity index (χ0n) is 13.4. The molecule has 10 heteroatoms. The van der Waals surface area contributed by atoms with E-state index >= 15 is 0 Å². The molecule has 9 nitrogen and oxygen atoms in total. The number of nitrogens with zero attached hydrogens (tertiary/aromatic N) is 4. The molecule has 0 aliphatic carbocycles. The van der Waals surface area contributed by atoms with E-state index in [1.54, 1.807) is 6.07 Å². The third kappa shape index (κ3) is 3.89. The number of morpholine rings is 1. The highest BCUT2D eigenvalue weighted by Crippen LogP contribution is 2.39. The van der Waals surface area contributed by atoms with Gasteiger partial charge in [-0.15, -0.1) is 0 Å². The van der Waals surface area contributed by atoms with Crippen LogP contribution < -0.4 is 15.0 Å². The Labute approximate surface area is 148 Å². The summed E-state index contributed by atoms with van der Waals surface area (Å²) in [6, 6.07) is 4.58. The molecule has 2 aromatic rings. The Kier molecular flexibility index (Phi) is 5.15. The van der Waals surface area contributed by atoms with Crippen LogP contribution in [0.2, 0.25) is 5.15 Å². The van der Waals surface area contributed by atoms with Crippen LogP contribution in [0.1, 0.15) is 0 Å². The maximum atomic E-state index is 11.5. The maximum absolute atomic E-state index is 11.5. The number of hydrogen-bond acceptors (Lipinski definition) is 8. The van der Waals surface area contributed by atoms with Crippen LogP contribution in [0.5, 0.6) is 5.75 Å². The van der Waals surface area contributed by atoms with E-state index in [1.807, 2.05) is 4.90 Å². The molecule has 1 aliphatic rings. The van der Waals surface area contributed by atoms with Crippen molar-refractivity contribution in [2.45, 2.75) is 0 Å². The molecular weight excluding hydrogens is 350 g/mol. The molecule has 2 heterocycles. The minimum atomic E-state index is -0.422. The van der Waals surface area contributed by atoms with Crippen LogP contribution in [0.3, 0.4) is 0 Å². The van der Waals surface area contributed by atoms with Crippen molar-refractivity contribution in [1.82, 2.24) is 9.97 Å². The van der Waals surface area contributed by atoms with Crippen molar-refractivity contribution in [3.05, 3.63) is 39.7 Å². The third-order valence-electron chi connectivity index (χ3n) is 3.71. The molecule has 1 aromatic carbocycles. The Hall–Kier alpha value is -2.65. The van der Waals surface area contributed by atoms with Gasteiger partial charge in [0.15, 0.2) is 0 Å². The number of nitrogens with one attached hydrogen (secondary N) is 1. The lowest BCUT2D eigenvalue weighted by Crippen LogP contribution is -2.36. The van der Waals surface area contributed by atoms with Gasteiger partial charge in [-0.3, -0.25) is 10.1 Å². The SMILES string of the molecule is COc1cc(N2CCOCC2)c([N+](=O)[O-])cc1Nc1nccc(Cl)n1. The van der Waals surface area contributed by atoms with Crippen molar-refractivity contribution in [2.24, 2.45) is 0 Å². The minimum Gasteiger partial charge on any atom is -0.494 e. The molecule has 0 saturated carbocycles. The first kappa shape index (κ1) is 17.2. The number of benzene rings is 1. The number of nitro benzene ring substituents is 1. The van der Waals surface area contributed by atoms with Crippen LogP contribution in [0.15, 0.2) is 24.4 Å². The zero-order valence-corrected chi connectivity index (χ0v) is 14.2. The molecule has 132 valence electrons. The van der Waals surface area contributed by atoms with Crippen molar-refractivity contribution in [3.8, 4) is 5.75 Å². The summed E-state index contributed by atoms with van der Waals surface area (Å²) in [6.07, 6.45) is 1.49. The van der Waals surface area contributed by atoms with Gasteiger partial charge in [-0.2, -0.15) is 0 Å². The standard InChI is InChI=1S/C15H16ClN5O4/c1-24-13-9-11(20-4-6-25-7-5-20)12(21(22)23)8-10(13)18-15-17-3-2-14(16)19-15/h2-3,8-9H,4-7H2,1H3,(H,17,18,19). The second-order valence-electron chi connectivity index (χ2n) is 5.23. The average Bonchev–Trinajstić information content (AvgIpc) is 2.62. The lowest BCUT2D eigenvalue weighted by atomic mass is 10.2. The number of anilines is 3. The smallest absolute Gasteiger partial charge is 0.294 e. The summed E-state index contributed by atoms with van der Waals surface area (Å²) < 4.78 is 10.7. The van der Waals surface area contributed by atoms with Crippen molar-refractivity contribution in [1.29, 1.82) is 0 Å². The van der Waals surface area contributed by atoms with Gasteiger partial charge < -0.3 is 19.7 Å². The maximum Gasteiger partial charge on any atom is 0.294 e. The molecular formula is C15H16ClN5O4. The summed E-state index contributed by atoms with van der Waals surface area (Å²) in [5, 5.41) is 14.7. The van der Waals surface area contributed by atoms with Crippen LogP contribution in [0, 0.1) is 10.1 Å². The van der Waals surface area contributed by atoms with Crippen LogP contribution in [0.4, 0.5) is 23.0 Å². The fourth-order valence-corrected chi connectivity index (χ4v) is 2.68. The van der Waals surface area contributed by atoms with Crippen LogP contribution in [0.25, 0.3) is 0 Å². The second kappa shape index (κ2) is 7.49. The van der Waals surface area contributed by atoms with Gasteiger partial charge in [0.2, 0.25) is 5.95 Å². The van der Waals surface area contributed by atoms with Gasteiger partial charge in [-0.1, -0.05) is 11.6 Å². The van der Waals surface area contributed by atoms with Gasteiger partial charge in [0, 0.05) is 31.4 Å². The normalized spacial score (nSPS) is 14.2.